The van der Waals surface area contributed by atoms with Crippen LogP contribution in [0, 0.1) is 0 Å². The quantitative estimate of drug-likeness (QED) is 0.837. The van der Waals surface area contributed by atoms with Crippen LogP contribution in [0.1, 0.15) is 23.7 Å². The number of ether oxygens (including phenoxy) is 2. The number of anilines is 2. The first kappa shape index (κ1) is 17.7. The monoisotopic (exact) mass is 363 g/mol. The Hall–Kier alpha value is -2.10. The topological polar surface area (TPSA) is 89.5 Å². The van der Waals surface area contributed by atoms with E-state index in [1.807, 2.05) is 25.1 Å². The van der Waals surface area contributed by atoms with Crippen LogP contribution in [-0.4, -0.2) is 59.4 Å². The second-order valence-corrected chi connectivity index (χ2v) is 6.62. The number of pyridine rings is 1. The fourth-order valence-corrected chi connectivity index (χ4v) is 3.21. The van der Waals surface area contributed by atoms with Gasteiger partial charge in [0.05, 0.1) is 18.8 Å². The van der Waals surface area contributed by atoms with Gasteiger partial charge in [-0.15, -0.1) is 10.2 Å². The van der Waals surface area contributed by atoms with Gasteiger partial charge in [-0.25, -0.2) is 4.98 Å². The molecule has 0 bridgehead atoms. The number of rotatable bonds is 6. The summed E-state index contributed by atoms with van der Waals surface area (Å²) in [4.78, 5) is 18.4. The maximum absolute atomic E-state index is 12.0. The molecule has 1 N–H and O–H groups in total. The van der Waals surface area contributed by atoms with E-state index in [1.54, 1.807) is 4.90 Å². The highest BCUT2D eigenvalue weighted by atomic mass is 32.1. The van der Waals surface area contributed by atoms with Crippen LogP contribution >= 0.6 is 11.3 Å². The minimum atomic E-state index is -0.253. The molecule has 3 rings (SSSR count). The fourth-order valence-electron chi connectivity index (χ4n) is 2.53. The predicted octanol–water partition coefficient (Wildman–Crippen LogP) is 1.79. The van der Waals surface area contributed by atoms with Crippen LogP contribution in [0.2, 0.25) is 0 Å². The first-order valence-electron chi connectivity index (χ1n) is 8.14. The van der Waals surface area contributed by atoms with Crippen molar-refractivity contribution >= 4 is 28.2 Å². The molecule has 1 atom stereocenters. The summed E-state index contributed by atoms with van der Waals surface area (Å²) in [7, 11) is 1.52. The number of morpholine rings is 1. The van der Waals surface area contributed by atoms with E-state index in [1.165, 1.54) is 18.4 Å². The normalized spacial score (nSPS) is 17.5. The molecule has 0 saturated carbocycles. The Morgan fingerprint density at radius 2 is 2.36 bits per heavy atom. The maximum atomic E-state index is 12.0. The van der Waals surface area contributed by atoms with Gasteiger partial charge in [0.15, 0.2) is 0 Å². The standard InChI is InChI=1S/C16H21N5O3S/c1-3-14-19-20-16(25-14)18-13-6-4-5-11(17-13)12-9-21(7-8-24-12)15(22)10-23-2/h4-6,12H,3,7-10H2,1-2H3,(H,17,18,20)/t12-/m1/s1. The zero-order valence-corrected chi connectivity index (χ0v) is 15.1. The third-order valence-electron chi connectivity index (χ3n) is 3.79. The van der Waals surface area contributed by atoms with Gasteiger partial charge in [-0.3, -0.25) is 4.79 Å². The molecule has 3 heterocycles. The summed E-state index contributed by atoms with van der Waals surface area (Å²) in [6.45, 7) is 3.65. The van der Waals surface area contributed by atoms with Crippen molar-refractivity contribution in [2.24, 2.45) is 0 Å². The van der Waals surface area contributed by atoms with E-state index in [9.17, 15) is 4.79 Å². The van der Waals surface area contributed by atoms with E-state index in [0.717, 1.165) is 17.1 Å². The summed E-state index contributed by atoms with van der Waals surface area (Å²) < 4.78 is 10.7. The molecule has 1 amide bonds. The van der Waals surface area contributed by atoms with Gasteiger partial charge in [-0.2, -0.15) is 0 Å². The van der Waals surface area contributed by atoms with Gasteiger partial charge in [-0.05, 0) is 18.6 Å². The molecular formula is C16H21N5O3S. The number of hydrogen-bond donors (Lipinski definition) is 1. The average molecular weight is 363 g/mol. The van der Waals surface area contributed by atoms with Crippen molar-refractivity contribution < 1.29 is 14.3 Å². The van der Waals surface area contributed by atoms with E-state index in [2.05, 4.69) is 20.5 Å². The molecule has 2 aromatic heterocycles. The minimum absolute atomic E-state index is 0.0361. The van der Waals surface area contributed by atoms with Crippen LogP contribution in [-0.2, 0) is 20.7 Å². The molecule has 1 fully saturated rings. The predicted molar refractivity (Wildman–Crippen MR) is 94.0 cm³/mol. The van der Waals surface area contributed by atoms with Crippen LogP contribution in [0.15, 0.2) is 18.2 Å². The molecule has 1 aliphatic heterocycles. The first-order chi connectivity index (χ1) is 12.2. The Morgan fingerprint density at radius 3 is 3.12 bits per heavy atom. The lowest BCUT2D eigenvalue weighted by molar-refractivity contribution is -0.143. The smallest absolute Gasteiger partial charge is 0.248 e. The number of aryl methyl sites for hydroxylation is 1. The lowest BCUT2D eigenvalue weighted by Crippen LogP contribution is -2.43. The second-order valence-electron chi connectivity index (χ2n) is 5.56. The van der Waals surface area contributed by atoms with Crippen LogP contribution in [0.5, 0.6) is 0 Å². The molecule has 0 radical (unpaired) electrons. The van der Waals surface area contributed by atoms with E-state index >= 15 is 0 Å². The van der Waals surface area contributed by atoms with Crippen molar-refractivity contribution in [2.75, 3.05) is 38.7 Å². The highest BCUT2D eigenvalue weighted by Crippen LogP contribution is 2.24. The van der Waals surface area contributed by atoms with E-state index in [-0.39, 0.29) is 18.6 Å². The van der Waals surface area contributed by atoms with Crippen LogP contribution in [0.25, 0.3) is 0 Å². The lowest BCUT2D eigenvalue weighted by Gasteiger charge is -2.32. The van der Waals surface area contributed by atoms with Crippen molar-refractivity contribution in [1.82, 2.24) is 20.1 Å². The molecule has 0 spiro atoms. The van der Waals surface area contributed by atoms with Crippen molar-refractivity contribution in [3.8, 4) is 0 Å². The summed E-state index contributed by atoms with van der Waals surface area (Å²) >= 11 is 1.51. The molecule has 25 heavy (non-hydrogen) atoms. The zero-order chi connectivity index (χ0) is 17.6. The van der Waals surface area contributed by atoms with Gasteiger partial charge < -0.3 is 19.7 Å². The van der Waals surface area contributed by atoms with Gasteiger partial charge in [0.25, 0.3) is 0 Å². The Morgan fingerprint density at radius 1 is 1.48 bits per heavy atom. The van der Waals surface area contributed by atoms with Crippen molar-refractivity contribution in [3.05, 3.63) is 28.9 Å². The average Bonchev–Trinajstić information content (AvgIpc) is 3.10. The number of carbonyl (C=O) groups is 1. The highest BCUT2D eigenvalue weighted by Gasteiger charge is 2.26. The summed E-state index contributed by atoms with van der Waals surface area (Å²) in [6.07, 6.45) is 0.602. The molecule has 9 heteroatoms. The summed E-state index contributed by atoms with van der Waals surface area (Å²) in [5.41, 5.74) is 0.778. The fraction of sp³-hybridized carbons (Fsp3) is 0.500. The van der Waals surface area contributed by atoms with Gasteiger partial charge in [-0.1, -0.05) is 24.3 Å². The largest absolute Gasteiger partial charge is 0.375 e. The highest BCUT2D eigenvalue weighted by molar-refractivity contribution is 7.15. The number of amides is 1. The van der Waals surface area contributed by atoms with Crippen molar-refractivity contribution in [3.63, 3.8) is 0 Å². The molecular weight excluding hydrogens is 342 g/mol. The van der Waals surface area contributed by atoms with Crippen LogP contribution < -0.4 is 5.32 Å². The number of carbonyl (C=O) groups excluding carboxylic acids is 1. The molecule has 0 aromatic carbocycles. The third kappa shape index (κ3) is 4.50. The zero-order valence-electron chi connectivity index (χ0n) is 14.3. The first-order valence-corrected chi connectivity index (χ1v) is 8.96. The molecule has 0 unspecified atom stereocenters. The molecule has 1 saturated heterocycles. The van der Waals surface area contributed by atoms with Crippen LogP contribution in [0.4, 0.5) is 10.9 Å². The van der Waals surface area contributed by atoms with Crippen LogP contribution in [0.3, 0.4) is 0 Å². The molecule has 1 aliphatic rings. The van der Waals surface area contributed by atoms with Crippen molar-refractivity contribution in [2.45, 2.75) is 19.4 Å². The Bertz CT molecular complexity index is 723. The summed E-state index contributed by atoms with van der Waals surface area (Å²) in [5.74, 6) is 0.645. The SMILES string of the molecule is CCc1nnc(Nc2cccc([C@H]3CN(C(=O)COC)CCO3)n2)s1. The van der Waals surface area contributed by atoms with Gasteiger partial charge in [0.1, 0.15) is 23.5 Å². The Balaban J connectivity index is 1.69. The van der Waals surface area contributed by atoms with E-state index in [0.29, 0.717) is 30.6 Å². The molecule has 2 aromatic rings. The summed E-state index contributed by atoms with van der Waals surface area (Å²) in [6, 6.07) is 5.68. The minimum Gasteiger partial charge on any atom is -0.375 e. The molecule has 8 nitrogen and oxygen atoms in total. The van der Waals surface area contributed by atoms with Gasteiger partial charge in [0, 0.05) is 13.7 Å². The Labute approximate surface area is 150 Å². The number of nitrogens with zero attached hydrogens (tertiary/aromatic N) is 4. The second kappa shape index (κ2) is 8.32. The third-order valence-corrected chi connectivity index (χ3v) is 4.77. The van der Waals surface area contributed by atoms with E-state index < -0.39 is 0 Å². The number of methoxy groups -OCH3 is 1. The van der Waals surface area contributed by atoms with Gasteiger partial charge >= 0.3 is 0 Å². The Kier molecular flexibility index (Phi) is 5.90. The maximum Gasteiger partial charge on any atom is 0.248 e. The number of nitrogens with one attached hydrogen (secondary N) is 1. The van der Waals surface area contributed by atoms with E-state index in [4.69, 9.17) is 9.47 Å². The molecule has 134 valence electrons. The molecule has 0 aliphatic carbocycles. The number of aromatic nitrogens is 3. The number of hydrogen-bond acceptors (Lipinski definition) is 8. The summed E-state index contributed by atoms with van der Waals surface area (Å²) in [5, 5.41) is 13.0. The van der Waals surface area contributed by atoms with Gasteiger partial charge in [0.2, 0.25) is 11.0 Å². The van der Waals surface area contributed by atoms with Crippen molar-refractivity contribution in [1.29, 1.82) is 0 Å². The lowest BCUT2D eigenvalue weighted by atomic mass is 10.2.